The Morgan fingerprint density at radius 2 is 1.70 bits per heavy atom. The summed E-state index contributed by atoms with van der Waals surface area (Å²) in [5.74, 6) is 0. The van der Waals surface area contributed by atoms with Gasteiger partial charge in [0.1, 0.15) is 0 Å². The molecule has 6 heteroatoms. The first-order chi connectivity index (χ1) is 13.0. The Kier molecular flexibility index (Phi) is 4.41. The van der Waals surface area contributed by atoms with E-state index >= 15 is 0 Å². The van der Waals surface area contributed by atoms with E-state index in [0.29, 0.717) is 12.2 Å². The van der Waals surface area contributed by atoms with Crippen molar-refractivity contribution in [3.8, 4) is 0 Å². The van der Waals surface area contributed by atoms with Crippen LogP contribution in [0.15, 0.2) is 84.0 Å². The first-order valence-electron chi connectivity index (χ1n) is 8.59. The van der Waals surface area contributed by atoms with E-state index < -0.39 is 10.0 Å². The van der Waals surface area contributed by atoms with Crippen molar-refractivity contribution >= 4 is 26.5 Å². The monoisotopic (exact) mass is 377 g/mol. The molecule has 0 aliphatic rings. The maximum atomic E-state index is 12.7. The lowest BCUT2D eigenvalue weighted by Gasteiger charge is -2.07. The molecule has 1 N–H and O–H groups in total. The van der Waals surface area contributed by atoms with Gasteiger partial charge in [-0.05, 0) is 35.4 Å². The Morgan fingerprint density at radius 1 is 0.963 bits per heavy atom. The lowest BCUT2D eigenvalue weighted by molar-refractivity contribution is 0.601. The van der Waals surface area contributed by atoms with Gasteiger partial charge in [-0.3, -0.25) is 9.40 Å². The number of rotatable bonds is 5. The van der Waals surface area contributed by atoms with Gasteiger partial charge < -0.3 is 0 Å². The summed E-state index contributed by atoms with van der Waals surface area (Å²) in [6, 6.07) is 20.9. The lowest BCUT2D eigenvalue weighted by Crippen LogP contribution is -2.12. The van der Waals surface area contributed by atoms with Crippen LogP contribution in [-0.4, -0.2) is 18.2 Å². The number of anilines is 1. The lowest BCUT2D eigenvalue weighted by atomic mass is 10.1. The number of hydrogen-bond donors (Lipinski definition) is 1. The predicted octanol–water partition coefficient (Wildman–Crippen LogP) is 4.19. The number of aryl methyl sites for hydroxylation is 1. The first kappa shape index (κ1) is 17.3. The van der Waals surface area contributed by atoms with E-state index in [4.69, 9.17) is 0 Å². The average molecular weight is 377 g/mol. The highest BCUT2D eigenvalue weighted by molar-refractivity contribution is 7.92. The molecule has 1 aromatic heterocycles. The molecule has 1 heterocycles. The number of benzene rings is 3. The summed E-state index contributed by atoms with van der Waals surface area (Å²) in [5, 5.41) is 6.14. The Morgan fingerprint density at radius 3 is 2.48 bits per heavy atom. The number of sulfonamides is 1. The van der Waals surface area contributed by atoms with Crippen LogP contribution in [0.1, 0.15) is 11.1 Å². The van der Waals surface area contributed by atoms with Gasteiger partial charge in [0.2, 0.25) is 0 Å². The quantitative estimate of drug-likeness (QED) is 0.567. The molecule has 3 aromatic carbocycles. The van der Waals surface area contributed by atoms with E-state index in [1.54, 1.807) is 23.0 Å². The molecule has 136 valence electrons. The van der Waals surface area contributed by atoms with Crippen LogP contribution in [0.2, 0.25) is 0 Å². The minimum atomic E-state index is -3.67. The van der Waals surface area contributed by atoms with Crippen molar-refractivity contribution in [2.45, 2.75) is 18.4 Å². The van der Waals surface area contributed by atoms with E-state index in [0.717, 1.165) is 16.3 Å². The minimum absolute atomic E-state index is 0.229. The molecular formula is C21H19N3O2S. The number of nitrogens with zero attached hydrogens (tertiary/aromatic N) is 2. The number of hydrogen-bond acceptors (Lipinski definition) is 3. The van der Waals surface area contributed by atoms with Gasteiger partial charge in [0.05, 0.1) is 23.3 Å². The molecule has 5 nitrogen and oxygen atoms in total. The molecule has 27 heavy (non-hydrogen) atoms. The van der Waals surface area contributed by atoms with Gasteiger partial charge in [-0.2, -0.15) is 5.10 Å². The van der Waals surface area contributed by atoms with Crippen molar-refractivity contribution in [3.63, 3.8) is 0 Å². The van der Waals surface area contributed by atoms with Crippen LogP contribution in [0.25, 0.3) is 10.8 Å². The first-order valence-corrected chi connectivity index (χ1v) is 10.1. The van der Waals surface area contributed by atoms with Crippen molar-refractivity contribution in [3.05, 3.63) is 90.3 Å². The standard InChI is InChI=1S/C21H19N3O2S/c1-16-6-8-17(9-7-16)14-24-15-20(13-22-24)23-27(25,26)21-11-10-18-4-2-3-5-19(18)12-21/h2-13,15,23H,14H2,1H3. The average Bonchev–Trinajstić information content (AvgIpc) is 3.09. The van der Waals surface area contributed by atoms with Gasteiger partial charge in [-0.1, -0.05) is 60.2 Å². The SMILES string of the molecule is Cc1ccc(Cn2cc(NS(=O)(=O)c3ccc4ccccc4c3)cn2)cc1. The largest absolute Gasteiger partial charge is 0.276 e. The van der Waals surface area contributed by atoms with Crippen LogP contribution in [-0.2, 0) is 16.6 Å². The summed E-state index contributed by atoms with van der Waals surface area (Å²) in [6.07, 6.45) is 3.21. The highest BCUT2D eigenvalue weighted by Crippen LogP contribution is 2.21. The molecule has 0 spiro atoms. The molecule has 0 unspecified atom stereocenters. The third-order valence-corrected chi connectivity index (χ3v) is 5.76. The molecule has 0 radical (unpaired) electrons. The number of fused-ring (bicyclic) bond motifs is 1. The third kappa shape index (κ3) is 3.85. The number of nitrogens with one attached hydrogen (secondary N) is 1. The van der Waals surface area contributed by atoms with E-state index in [1.165, 1.54) is 11.8 Å². The van der Waals surface area contributed by atoms with E-state index in [-0.39, 0.29) is 4.90 Å². The van der Waals surface area contributed by atoms with Crippen LogP contribution < -0.4 is 4.72 Å². The van der Waals surface area contributed by atoms with Gasteiger partial charge in [-0.15, -0.1) is 0 Å². The summed E-state index contributed by atoms with van der Waals surface area (Å²) in [6.45, 7) is 2.62. The van der Waals surface area contributed by atoms with Gasteiger partial charge in [-0.25, -0.2) is 8.42 Å². The Bertz CT molecular complexity index is 1200. The fourth-order valence-electron chi connectivity index (χ4n) is 2.93. The Balaban J connectivity index is 1.53. The summed E-state index contributed by atoms with van der Waals surface area (Å²) >= 11 is 0. The van der Waals surface area contributed by atoms with Crippen LogP contribution in [0.3, 0.4) is 0 Å². The summed E-state index contributed by atoms with van der Waals surface area (Å²) in [4.78, 5) is 0.229. The summed E-state index contributed by atoms with van der Waals surface area (Å²) in [5.41, 5.74) is 2.74. The predicted molar refractivity (Wildman–Crippen MR) is 107 cm³/mol. The smallest absolute Gasteiger partial charge is 0.262 e. The van der Waals surface area contributed by atoms with Crippen molar-refractivity contribution in [2.24, 2.45) is 0 Å². The zero-order valence-electron chi connectivity index (χ0n) is 14.8. The topological polar surface area (TPSA) is 64.0 Å². The Labute approximate surface area is 158 Å². The third-order valence-electron chi connectivity index (χ3n) is 4.38. The second-order valence-electron chi connectivity index (χ2n) is 6.53. The van der Waals surface area contributed by atoms with Crippen LogP contribution >= 0.6 is 0 Å². The molecule has 0 bridgehead atoms. The highest BCUT2D eigenvalue weighted by Gasteiger charge is 2.15. The van der Waals surface area contributed by atoms with E-state index in [9.17, 15) is 8.42 Å². The van der Waals surface area contributed by atoms with E-state index in [1.807, 2.05) is 61.5 Å². The molecule has 0 fully saturated rings. The van der Waals surface area contributed by atoms with Gasteiger partial charge in [0, 0.05) is 6.20 Å². The molecular weight excluding hydrogens is 358 g/mol. The van der Waals surface area contributed by atoms with Crippen molar-refractivity contribution in [1.29, 1.82) is 0 Å². The number of aromatic nitrogens is 2. The second kappa shape index (κ2) is 6.89. The Hall–Kier alpha value is -3.12. The summed E-state index contributed by atoms with van der Waals surface area (Å²) in [7, 11) is -3.67. The normalized spacial score (nSPS) is 11.6. The molecule has 0 aliphatic heterocycles. The fourth-order valence-corrected chi connectivity index (χ4v) is 3.99. The van der Waals surface area contributed by atoms with Crippen LogP contribution in [0.4, 0.5) is 5.69 Å². The molecule has 0 saturated heterocycles. The molecule has 4 aromatic rings. The summed E-state index contributed by atoms with van der Waals surface area (Å²) < 4.78 is 29.7. The zero-order valence-corrected chi connectivity index (χ0v) is 15.6. The second-order valence-corrected chi connectivity index (χ2v) is 8.21. The maximum absolute atomic E-state index is 12.7. The van der Waals surface area contributed by atoms with Gasteiger partial charge in [0.15, 0.2) is 0 Å². The maximum Gasteiger partial charge on any atom is 0.262 e. The molecule has 0 amide bonds. The van der Waals surface area contributed by atoms with Crippen LogP contribution in [0.5, 0.6) is 0 Å². The van der Waals surface area contributed by atoms with Gasteiger partial charge >= 0.3 is 0 Å². The van der Waals surface area contributed by atoms with Crippen LogP contribution in [0, 0.1) is 6.92 Å². The van der Waals surface area contributed by atoms with Crippen molar-refractivity contribution in [1.82, 2.24) is 9.78 Å². The zero-order chi connectivity index (χ0) is 18.9. The van der Waals surface area contributed by atoms with Crippen molar-refractivity contribution in [2.75, 3.05) is 4.72 Å². The van der Waals surface area contributed by atoms with Crippen molar-refractivity contribution < 1.29 is 8.42 Å². The minimum Gasteiger partial charge on any atom is -0.276 e. The molecule has 0 atom stereocenters. The molecule has 0 saturated carbocycles. The molecule has 4 rings (SSSR count). The molecule has 0 aliphatic carbocycles. The highest BCUT2D eigenvalue weighted by atomic mass is 32.2. The van der Waals surface area contributed by atoms with Gasteiger partial charge in [0.25, 0.3) is 10.0 Å². The fraction of sp³-hybridized carbons (Fsp3) is 0.0952. The van der Waals surface area contributed by atoms with E-state index in [2.05, 4.69) is 9.82 Å².